The number of fused-ring (bicyclic) bond motifs is 3. The van der Waals surface area contributed by atoms with E-state index in [4.69, 9.17) is 14.5 Å². The number of nitrogens with zero attached hydrogens (tertiary/aromatic N) is 5. The van der Waals surface area contributed by atoms with Crippen LogP contribution >= 0.6 is 0 Å². The first-order valence-electron chi connectivity index (χ1n) is 14.3. The number of aromatic nitrogens is 3. The second-order valence-corrected chi connectivity index (χ2v) is 11.4. The maximum Gasteiger partial charge on any atom is 0.319 e. The van der Waals surface area contributed by atoms with Crippen molar-refractivity contribution < 1.29 is 19.0 Å². The van der Waals surface area contributed by atoms with Gasteiger partial charge in [-0.25, -0.2) is 4.39 Å². The molecule has 1 N–H and O–H groups in total. The molecule has 3 aliphatic rings. The molecule has 0 spiro atoms. The van der Waals surface area contributed by atoms with Gasteiger partial charge in [-0.2, -0.15) is 9.97 Å². The number of ether oxygens (including phenoxy) is 2. The van der Waals surface area contributed by atoms with Gasteiger partial charge in [-0.3, -0.25) is 9.88 Å². The van der Waals surface area contributed by atoms with E-state index in [1.807, 2.05) is 31.2 Å². The standard InChI is InChI=1S/C31H34FN5O3/c1-20-18-36(11-6-14-39-20)29-25-17-33-27(24-16-22(38)15-21-7-2-3-8-23(21)24)26(32)28(25)34-30(35-29)40-19-31-9-4-12-37(31)13-5-10-31/h2-3,7-8,15-17,20,38H,4-6,9-14,18-19H2,1H3. The maximum atomic E-state index is 16.5. The molecule has 2 aromatic heterocycles. The van der Waals surface area contributed by atoms with Crippen molar-refractivity contribution in [1.29, 1.82) is 0 Å². The molecule has 3 fully saturated rings. The second kappa shape index (κ2) is 10.1. The first kappa shape index (κ1) is 25.4. The van der Waals surface area contributed by atoms with Gasteiger partial charge in [0.05, 0.1) is 17.0 Å². The molecule has 0 aliphatic carbocycles. The number of benzene rings is 2. The minimum atomic E-state index is -0.553. The van der Waals surface area contributed by atoms with Crippen LogP contribution in [0.3, 0.4) is 0 Å². The van der Waals surface area contributed by atoms with Gasteiger partial charge in [0.2, 0.25) is 0 Å². The van der Waals surface area contributed by atoms with Crippen molar-refractivity contribution in [3.8, 4) is 23.0 Å². The smallest absolute Gasteiger partial charge is 0.319 e. The van der Waals surface area contributed by atoms with Gasteiger partial charge in [0.1, 0.15) is 29.4 Å². The summed E-state index contributed by atoms with van der Waals surface area (Å²) in [5.74, 6) is 0.114. The van der Waals surface area contributed by atoms with Crippen molar-refractivity contribution in [3.63, 3.8) is 0 Å². The zero-order valence-corrected chi connectivity index (χ0v) is 22.8. The summed E-state index contributed by atoms with van der Waals surface area (Å²) in [6, 6.07) is 11.0. The van der Waals surface area contributed by atoms with Gasteiger partial charge in [0, 0.05) is 31.5 Å². The van der Waals surface area contributed by atoms with Crippen LogP contribution in [0.15, 0.2) is 42.6 Å². The average molecular weight is 544 g/mol. The fourth-order valence-corrected chi connectivity index (χ4v) is 6.85. The van der Waals surface area contributed by atoms with Gasteiger partial charge >= 0.3 is 6.01 Å². The van der Waals surface area contributed by atoms with Crippen molar-refractivity contribution in [2.24, 2.45) is 0 Å². The highest BCUT2D eigenvalue weighted by Crippen LogP contribution is 2.40. The summed E-state index contributed by atoms with van der Waals surface area (Å²) in [6.45, 7) is 6.76. The molecular formula is C31H34FN5O3. The van der Waals surface area contributed by atoms with E-state index in [-0.39, 0.29) is 34.6 Å². The zero-order chi connectivity index (χ0) is 27.3. The molecule has 7 rings (SSSR count). The number of halogens is 1. The van der Waals surface area contributed by atoms with Gasteiger partial charge in [-0.1, -0.05) is 24.3 Å². The Kier molecular flexibility index (Phi) is 6.43. The molecule has 1 atom stereocenters. The van der Waals surface area contributed by atoms with Crippen molar-refractivity contribution in [1.82, 2.24) is 19.9 Å². The van der Waals surface area contributed by atoms with E-state index < -0.39 is 5.82 Å². The number of pyridine rings is 1. The Morgan fingerprint density at radius 3 is 2.75 bits per heavy atom. The van der Waals surface area contributed by atoms with E-state index in [0.717, 1.165) is 49.7 Å². The highest BCUT2D eigenvalue weighted by molar-refractivity contribution is 5.99. The molecule has 0 radical (unpaired) electrons. The molecule has 3 saturated heterocycles. The van der Waals surface area contributed by atoms with Gasteiger partial charge in [-0.15, -0.1) is 0 Å². The minimum Gasteiger partial charge on any atom is -0.508 e. The molecule has 1 unspecified atom stereocenters. The summed E-state index contributed by atoms with van der Waals surface area (Å²) in [6.07, 6.45) is 7.03. The van der Waals surface area contributed by atoms with Crippen LogP contribution in [0.1, 0.15) is 39.0 Å². The molecule has 40 heavy (non-hydrogen) atoms. The predicted octanol–water partition coefficient (Wildman–Crippen LogP) is 5.31. The van der Waals surface area contributed by atoms with Crippen LogP contribution in [0.4, 0.5) is 10.2 Å². The summed E-state index contributed by atoms with van der Waals surface area (Å²) in [7, 11) is 0. The Bertz CT molecular complexity index is 1570. The number of aromatic hydroxyl groups is 1. The molecule has 208 valence electrons. The molecule has 9 heteroatoms. The van der Waals surface area contributed by atoms with Crippen LogP contribution in [0.25, 0.3) is 32.9 Å². The fourth-order valence-electron chi connectivity index (χ4n) is 6.85. The van der Waals surface area contributed by atoms with Crippen LogP contribution in [-0.2, 0) is 4.74 Å². The van der Waals surface area contributed by atoms with E-state index in [1.54, 1.807) is 18.3 Å². The third kappa shape index (κ3) is 4.41. The summed E-state index contributed by atoms with van der Waals surface area (Å²) >= 11 is 0. The first-order chi connectivity index (χ1) is 19.5. The summed E-state index contributed by atoms with van der Waals surface area (Å²) in [5, 5.41) is 12.6. The highest BCUT2D eigenvalue weighted by atomic mass is 19.1. The maximum absolute atomic E-state index is 16.5. The number of hydrogen-bond donors (Lipinski definition) is 1. The van der Waals surface area contributed by atoms with Crippen molar-refractivity contribution in [2.75, 3.05) is 44.3 Å². The lowest BCUT2D eigenvalue weighted by Crippen LogP contribution is -2.43. The minimum absolute atomic E-state index is 0.0112. The fraction of sp³-hybridized carbons (Fsp3) is 0.452. The molecule has 0 bridgehead atoms. The van der Waals surface area contributed by atoms with E-state index in [0.29, 0.717) is 36.5 Å². The third-order valence-electron chi connectivity index (χ3n) is 8.78. The summed E-state index contributed by atoms with van der Waals surface area (Å²) in [4.78, 5) is 18.7. The van der Waals surface area contributed by atoms with Crippen LogP contribution < -0.4 is 9.64 Å². The van der Waals surface area contributed by atoms with Gasteiger partial charge in [0.25, 0.3) is 0 Å². The molecule has 3 aliphatic heterocycles. The molecule has 4 aromatic rings. The molecule has 2 aromatic carbocycles. The second-order valence-electron chi connectivity index (χ2n) is 11.4. The van der Waals surface area contributed by atoms with Crippen LogP contribution in [0, 0.1) is 5.82 Å². The predicted molar refractivity (Wildman–Crippen MR) is 152 cm³/mol. The number of hydrogen-bond acceptors (Lipinski definition) is 8. The molecule has 5 heterocycles. The zero-order valence-electron chi connectivity index (χ0n) is 22.8. The Morgan fingerprint density at radius 1 is 1.07 bits per heavy atom. The lowest BCUT2D eigenvalue weighted by molar-refractivity contribution is 0.0820. The van der Waals surface area contributed by atoms with Crippen LogP contribution in [0.2, 0.25) is 0 Å². The normalized spacial score (nSPS) is 21.1. The number of phenolic OH excluding ortho intramolecular Hbond substituents is 1. The van der Waals surface area contributed by atoms with E-state index in [2.05, 4.69) is 19.8 Å². The Hall–Kier alpha value is -3.56. The topological polar surface area (TPSA) is 83.8 Å². The molecule has 8 nitrogen and oxygen atoms in total. The van der Waals surface area contributed by atoms with Crippen molar-refractivity contribution in [3.05, 3.63) is 48.4 Å². The number of anilines is 1. The van der Waals surface area contributed by atoms with Gasteiger partial charge in [-0.05, 0) is 75.0 Å². The lowest BCUT2D eigenvalue weighted by Gasteiger charge is -2.31. The van der Waals surface area contributed by atoms with Gasteiger partial charge in [0.15, 0.2) is 5.82 Å². The first-order valence-corrected chi connectivity index (χ1v) is 14.3. The van der Waals surface area contributed by atoms with Crippen molar-refractivity contribution in [2.45, 2.75) is 50.7 Å². The Labute approximate surface area is 232 Å². The van der Waals surface area contributed by atoms with E-state index in [1.165, 1.54) is 12.8 Å². The van der Waals surface area contributed by atoms with Crippen LogP contribution in [0.5, 0.6) is 11.8 Å². The molecule has 0 saturated carbocycles. The summed E-state index contributed by atoms with van der Waals surface area (Å²) < 4.78 is 28.7. The average Bonchev–Trinajstić information content (AvgIpc) is 3.46. The monoisotopic (exact) mass is 543 g/mol. The quantitative estimate of drug-likeness (QED) is 0.363. The largest absolute Gasteiger partial charge is 0.508 e. The SMILES string of the molecule is CC1CN(c2nc(OCC34CCCN3CCC4)nc3c(F)c(-c4cc(O)cc5ccccc45)ncc23)CCCO1. The van der Waals surface area contributed by atoms with Gasteiger partial charge < -0.3 is 19.5 Å². The van der Waals surface area contributed by atoms with Crippen molar-refractivity contribution >= 4 is 27.5 Å². The Morgan fingerprint density at radius 2 is 1.90 bits per heavy atom. The lowest BCUT2D eigenvalue weighted by atomic mass is 9.95. The van der Waals surface area contributed by atoms with E-state index in [9.17, 15) is 5.11 Å². The number of phenols is 1. The molecule has 0 amide bonds. The van der Waals surface area contributed by atoms with E-state index >= 15 is 4.39 Å². The molecular weight excluding hydrogens is 509 g/mol. The third-order valence-corrected chi connectivity index (χ3v) is 8.78. The number of rotatable bonds is 5. The van der Waals surface area contributed by atoms with Crippen LogP contribution in [-0.4, -0.2) is 76.0 Å². The Balaban J connectivity index is 1.36. The summed E-state index contributed by atoms with van der Waals surface area (Å²) in [5.41, 5.74) is 0.841. The highest BCUT2D eigenvalue weighted by Gasteiger charge is 2.45.